The molecule has 4 heterocycles. The highest BCUT2D eigenvalue weighted by molar-refractivity contribution is 5.46. The number of hydrogen-bond donors (Lipinski definition) is 0. The lowest BCUT2D eigenvalue weighted by molar-refractivity contribution is 0.0237. The molecule has 2 aromatic rings. The molecule has 3 saturated heterocycles. The van der Waals surface area contributed by atoms with Crippen molar-refractivity contribution < 1.29 is 13.7 Å². The van der Waals surface area contributed by atoms with Crippen molar-refractivity contribution in [2.24, 2.45) is 0 Å². The van der Waals surface area contributed by atoms with Crippen molar-refractivity contribution >= 4 is 5.69 Å². The second kappa shape index (κ2) is 8.38. The summed E-state index contributed by atoms with van der Waals surface area (Å²) in [5.41, 5.74) is 1.11. The maximum atomic E-state index is 13.1. The van der Waals surface area contributed by atoms with Crippen LogP contribution >= 0.6 is 0 Å². The van der Waals surface area contributed by atoms with Gasteiger partial charge in [-0.25, -0.2) is 4.39 Å². The van der Waals surface area contributed by atoms with Crippen molar-refractivity contribution in [1.82, 2.24) is 19.9 Å². The Kier molecular flexibility index (Phi) is 5.48. The van der Waals surface area contributed by atoms with Gasteiger partial charge in [-0.05, 0) is 37.1 Å². The third-order valence-corrected chi connectivity index (χ3v) is 6.38. The molecule has 0 amide bonds. The van der Waals surface area contributed by atoms with Crippen LogP contribution in [-0.2, 0) is 11.3 Å². The molecule has 1 aromatic carbocycles. The SMILES string of the molecule is Fc1ccc(N2CCN(C3CN(Cc4noc(C5CCOCC5)n4)C3)CC2)cc1. The lowest BCUT2D eigenvalue weighted by Crippen LogP contribution is -2.62. The van der Waals surface area contributed by atoms with Crippen molar-refractivity contribution in [2.75, 3.05) is 57.4 Å². The van der Waals surface area contributed by atoms with Gasteiger partial charge < -0.3 is 14.2 Å². The Morgan fingerprint density at radius 2 is 1.72 bits per heavy atom. The van der Waals surface area contributed by atoms with E-state index in [2.05, 4.69) is 24.8 Å². The Hall–Kier alpha value is -2.03. The van der Waals surface area contributed by atoms with Crippen LogP contribution < -0.4 is 4.90 Å². The lowest BCUT2D eigenvalue weighted by Gasteiger charge is -2.48. The van der Waals surface area contributed by atoms with Gasteiger partial charge in [0.1, 0.15) is 5.82 Å². The molecule has 7 nitrogen and oxygen atoms in total. The quantitative estimate of drug-likeness (QED) is 0.761. The van der Waals surface area contributed by atoms with Gasteiger partial charge in [-0.2, -0.15) is 4.98 Å². The van der Waals surface area contributed by atoms with Crippen molar-refractivity contribution in [3.63, 3.8) is 0 Å². The zero-order valence-electron chi connectivity index (χ0n) is 16.7. The number of rotatable bonds is 5. The van der Waals surface area contributed by atoms with Gasteiger partial charge in [-0.15, -0.1) is 0 Å². The van der Waals surface area contributed by atoms with Gasteiger partial charge in [0.05, 0.1) is 6.54 Å². The number of nitrogens with zero attached hydrogens (tertiary/aromatic N) is 5. The predicted molar refractivity (Wildman–Crippen MR) is 106 cm³/mol. The monoisotopic (exact) mass is 401 g/mol. The standard InChI is InChI=1S/C21H28FN5O2/c22-17-1-3-18(4-2-17)26-7-9-27(10-8-26)19-13-25(14-19)15-20-23-21(29-24-20)16-5-11-28-12-6-16/h1-4,16,19H,5-15H2. The van der Waals surface area contributed by atoms with Crippen LogP contribution in [0.1, 0.15) is 30.5 Å². The van der Waals surface area contributed by atoms with Crippen LogP contribution in [0.4, 0.5) is 10.1 Å². The van der Waals surface area contributed by atoms with Gasteiger partial charge in [-0.3, -0.25) is 9.80 Å². The van der Waals surface area contributed by atoms with E-state index in [1.54, 1.807) is 0 Å². The Morgan fingerprint density at radius 3 is 2.45 bits per heavy atom. The molecule has 0 N–H and O–H groups in total. The number of halogens is 1. The highest BCUT2D eigenvalue weighted by atomic mass is 19.1. The summed E-state index contributed by atoms with van der Waals surface area (Å²) >= 11 is 0. The maximum Gasteiger partial charge on any atom is 0.229 e. The zero-order chi connectivity index (χ0) is 19.6. The molecule has 5 rings (SSSR count). The number of aromatic nitrogens is 2. The maximum absolute atomic E-state index is 13.1. The van der Waals surface area contributed by atoms with Gasteiger partial charge in [0.2, 0.25) is 5.89 Å². The van der Waals surface area contributed by atoms with E-state index in [-0.39, 0.29) is 5.82 Å². The summed E-state index contributed by atoms with van der Waals surface area (Å²) in [7, 11) is 0. The number of benzene rings is 1. The average Bonchev–Trinajstić information content (AvgIpc) is 3.21. The van der Waals surface area contributed by atoms with Crippen LogP contribution in [0.3, 0.4) is 0 Å². The topological polar surface area (TPSA) is 57.9 Å². The molecule has 29 heavy (non-hydrogen) atoms. The Morgan fingerprint density at radius 1 is 1.00 bits per heavy atom. The summed E-state index contributed by atoms with van der Waals surface area (Å²) in [6.45, 7) is 8.50. The molecule has 0 radical (unpaired) electrons. The number of likely N-dealkylation sites (tertiary alicyclic amines) is 1. The normalized spacial score (nSPS) is 22.7. The molecule has 0 spiro atoms. The fourth-order valence-electron chi connectivity index (χ4n) is 4.54. The van der Waals surface area contributed by atoms with Crippen LogP contribution in [0.25, 0.3) is 0 Å². The first kappa shape index (κ1) is 19.0. The van der Waals surface area contributed by atoms with E-state index in [0.717, 1.165) is 89.3 Å². The van der Waals surface area contributed by atoms with Crippen molar-refractivity contribution in [2.45, 2.75) is 31.3 Å². The predicted octanol–water partition coefficient (Wildman–Crippen LogP) is 2.11. The van der Waals surface area contributed by atoms with E-state index in [1.807, 2.05) is 12.1 Å². The van der Waals surface area contributed by atoms with Crippen molar-refractivity contribution in [3.8, 4) is 0 Å². The first-order valence-electron chi connectivity index (χ1n) is 10.6. The van der Waals surface area contributed by atoms with Gasteiger partial charge in [0.25, 0.3) is 0 Å². The molecule has 0 unspecified atom stereocenters. The number of hydrogen-bond acceptors (Lipinski definition) is 7. The molecule has 0 atom stereocenters. The van der Waals surface area contributed by atoms with Gasteiger partial charge >= 0.3 is 0 Å². The average molecular weight is 401 g/mol. The summed E-state index contributed by atoms with van der Waals surface area (Å²) in [5.74, 6) is 1.75. The molecule has 8 heteroatoms. The molecule has 1 aromatic heterocycles. The van der Waals surface area contributed by atoms with Crippen molar-refractivity contribution in [3.05, 3.63) is 41.8 Å². The highest BCUT2D eigenvalue weighted by Gasteiger charge is 2.34. The molecule has 3 aliphatic rings. The molecular formula is C21H28FN5O2. The van der Waals surface area contributed by atoms with Crippen LogP contribution in [0.15, 0.2) is 28.8 Å². The molecule has 3 aliphatic heterocycles. The van der Waals surface area contributed by atoms with Crippen molar-refractivity contribution in [1.29, 1.82) is 0 Å². The second-order valence-corrected chi connectivity index (χ2v) is 8.28. The van der Waals surface area contributed by atoms with E-state index in [0.29, 0.717) is 12.0 Å². The zero-order valence-corrected chi connectivity index (χ0v) is 16.7. The summed E-state index contributed by atoms with van der Waals surface area (Å²) < 4.78 is 24.0. The minimum Gasteiger partial charge on any atom is -0.381 e. The molecule has 3 fully saturated rings. The minimum absolute atomic E-state index is 0.177. The lowest BCUT2D eigenvalue weighted by atomic mass is 10.0. The third-order valence-electron chi connectivity index (χ3n) is 6.38. The Labute approximate surface area is 170 Å². The van der Waals surface area contributed by atoms with Crippen LogP contribution in [0.5, 0.6) is 0 Å². The van der Waals surface area contributed by atoms with Gasteiger partial charge in [-0.1, -0.05) is 5.16 Å². The van der Waals surface area contributed by atoms with Crippen LogP contribution in [0, 0.1) is 5.82 Å². The smallest absolute Gasteiger partial charge is 0.229 e. The molecular weight excluding hydrogens is 373 g/mol. The van der Waals surface area contributed by atoms with E-state index < -0.39 is 0 Å². The minimum atomic E-state index is -0.177. The number of ether oxygens (including phenoxy) is 1. The highest BCUT2D eigenvalue weighted by Crippen LogP contribution is 2.26. The van der Waals surface area contributed by atoms with Crippen LogP contribution in [0.2, 0.25) is 0 Å². The number of anilines is 1. The molecule has 0 aliphatic carbocycles. The largest absolute Gasteiger partial charge is 0.381 e. The number of piperazine rings is 1. The van der Waals surface area contributed by atoms with Gasteiger partial charge in [0, 0.05) is 70.1 Å². The first-order chi connectivity index (χ1) is 14.2. The third kappa shape index (κ3) is 4.29. The molecule has 0 saturated carbocycles. The first-order valence-corrected chi connectivity index (χ1v) is 10.6. The summed E-state index contributed by atoms with van der Waals surface area (Å²) in [6.07, 6.45) is 1.94. The second-order valence-electron chi connectivity index (χ2n) is 8.28. The van der Waals surface area contributed by atoms with E-state index >= 15 is 0 Å². The van der Waals surface area contributed by atoms with E-state index in [4.69, 9.17) is 9.26 Å². The fraction of sp³-hybridized carbons (Fsp3) is 0.619. The van der Waals surface area contributed by atoms with E-state index in [9.17, 15) is 4.39 Å². The molecule has 156 valence electrons. The summed E-state index contributed by atoms with van der Waals surface area (Å²) in [5, 5.41) is 4.18. The Bertz CT molecular complexity index is 794. The van der Waals surface area contributed by atoms with E-state index in [1.165, 1.54) is 12.1 Å². The Balaban J connectivity index is 1.06. The van der Waals surface area contributed by atoms with Gasteiger partial charge in [0.15, 0.2) is 5.82 Å². The fourth-order valence-corrected chi connectivity index (χ4v) is 4.54. The van der Waals surface area contributed by atoms with Crippen LogP contribution in [-0.4, -0.2) is 78.5 Å². The molecule has 0 bridgehead atoms. The summed E-state index contributed by atoms with van der Waals surface area (Å²) in [4.78, 5) is 11.9. The summed E-state index contributed by atoms with van der Waals surface area (Å²) in [6, 6.07) is 7.42.